The van der Waals surface area contributed by atoms with E-state index in [9.17, 15) is 0 Å². The summed E-state index contributed by atoms with van der Waals surface area (Å²) in [6, 6.07) is 25.4. The predicted octanol–water partition coefficient (Wildman–Crippen LogP) is 4.85. The molecule has 3 aromatic carbocycles. The van der Waals surface area contributed by atoms with Crippen molar-refractivity contribution in [2.75, 3.05) is 14.2 Å². The molecule has 4 nitrogen and oxygen atoms in total. The Balaban J connectivity index is 0.00000101. The van der Waals surface area contributed by atoms with Crippen LogP contribution in [0.3, 0.4) is 0 Å². The van der Waals surface area contributed by atoms with E-state index in [-0.39, 0.29) is 6.04 Å². The summed E-state index contributed by atoms with van der Waals surface area (Å²) in [6.07, 6.45) is 0.662. The van der Waals surface area contributed by atoms with E-state index in [1.807, 2.05) is 66.7 Å². The van der Waals surface area contributed by atoms with Crippen LogP contribution in [0.5, 0.6) is 11.5 Å². The molecule has 0 spiro atoms. The monoisotopic (exact) mass is 627 g/mol. The van der Waals surface area contributed by atoms with Crippen molar-refractivity contribution < 1.29 is 26.0 Å². The van der Waals surface area contributed by atoms with Gasteiger partial charge in [0.15, 0.2) is 0 Å². The van der Waals surface area contributed by atoms with Crippen LogP contribution in [0.4, 0.5) is 0 Å². The Labute approximate surface area is 194 Å². The molecule has 4 N–H and O–H groups in total. The van der Waals surface area contributed by atoms with Crippen LogP contribution >= 0.6 is 18.8 Å². The van der Waals surface area contributed by atoms with Gasteiger partial charge < -0.3 is 20.9 Å². The predicted molar refractivity (Wildman–Crippen MR) is 121 cm³/mol. The molecule has 0 heterocycles. The molecule has 30 heavy (non-hydrogen) atoms. The molecule has 1 atom stereocenters. The van der Waals surface area contributed by atoms with Crippen LogP contribution in [-0.2, 0) is 28.4 Å². The quantitative estimate of drug-likeness (QED) is 0.393. The maximum atomic E-state index is 7.01. The fourth-order valence-electron chi connectivity index (χ4n) is 3.36. The molecule has 0 bridgehead atoms. The summed E-state index contributed by atoms with van der Waals surface area (Å²) in [5, 5.41) is 0. The topological polar surface area (TPSA) is 70.5 Å². The van der Waals surface area contributed by atoms with Crippen molar-refractivity contribution in [3.8, 4) is 11.5 Å². The van der Waals surface area contributed by atoms with Crippen molar-refractivity contribution in [2.45, 2.75) is 18.0 Å². The van der Waals surface area contributed by atoms with Crippen LogP contribution in [0.25, 0.3) is 0 Å². The minimum atomic E-state index is -0.853. The van der Waals surface area contributed by atoms with E-state index in [1.165, 1.54) is 0 Å². The fraction of sp³-hybridized carbons (Fsp3) is 0.217. The number of rotatable bonds is 7. The molecule has 0 aliphatic carbocycles. The molecule has 0 aliphatic rings. The molecule has 0 saturated heterocycles. The molecule has 1 unspecified atom stereocenters. The van der Waals surface area contributed by atoms with Crippen LogP contribution < -0.4 is 20.9 Å². The van der Waals surface area contributed by atoms with Gasteiger partial charge in [-0.05, 0) is 47.4 Å². The Hall–Kier alpha value is -1.55. The summed E-state index contributed by atoms with van der Waals surface area (Å²) >= 11 is -0.472. The molecule has 7 heteroatoms. The van der Waals surface area contributed by atoms with Gasteiger partial charge in [-0.3, -0.25) is 0 Å². The van der Waals surface area contributed by atoms with Gasteiger partial charge in [0.1, 0.15) is 11.5 Å². The SMILES string of the molecule is COc1ccc(C(N)(c2ccc(OC)cc2)C(N)Cc2ccccc2)cc1.[Cl][Pt][Cl]. The normalized spacial score (nSPS) is 11.9. The van der Waals surface area contributed by atoms with Gasteiger partial charge in [0, 0.05) is 6.04 Å². The average molecular weight is 628 g/mol. The zero-order chi connectivity index (χ0) is 22.0. The summed E-state index contributed by atoms with van der Waals surface area (Å²) in [5.74, 6) is 1.57. The number of hydrogen-bond donors (Lipinski definition) is 2. The van der Waals surface area contributed by atoms with Gasteiger partial charge in [-0.25, -0.2) is 0 Å². The van der Waals surface area contributed by atoms with Crippen molar-refractivity contribution in [1.82, 2.24) is 0 Å². The molecule has 164 valence electrons. The van der Waals surface area contributed by atoms with E-state index < -0.39 is 22.0 Å². The van der Waals surface area contributed by atoms with Crippen LogP contribution in [0.15, 0.2) is 78.9 Å². The first-order chi connectivity index (χ1) is 14.5. The third kappa shape index (κ3) is 6.23. The van der Waals surface area contributed by atoms with Gasteiger partial charge in [0.05, 0.1) is 19.8 Å². The van der Waals surface area contributed by atoms with E-state index in [1.54, 1.807) is 14.2 Å². The molecule has 0 amide bonds. The number of ether oxygens (including phenoxy) is 2. The average Bonchev–Trinajstić information content (AvgIpc) is 2.80. The summed E-state index contributed by atoms with van der Waals surface area (Å²) in [4.78, 5) is 0. The fourth-order valence-corrected chi connectivity index (χ4v) is 3.36. The molecular formula is C23H26Cl2N2O2Pt. The van der Waals surface area contributed by atoms with E-state index in [0.29, 0.717) is 6.42 Å². The number of benzene rings is 3. The van der Waals surface area contributed by atoms with Crippen molar-refractivity contribution in [3.05, 3.63) is 95.6 Å². The van der Waals surface area contributed by atoms with Crippen molar-refractivity contribution in [1.29, 1.82) is 0 Å². The van der Waals surface area contributed by atoms with Crippen molar-refractivity contribution >= 4 is 18.8 Å². The summed E-state index contributed by atoms with van der Waals surface area (Å²) < 4.78 is 10.6. The number of hydrogen-bond acceptors (Lipinski definition) is 4. The second-order valence-corrected chi connectivity index (χ2v) is 9.95. The van der Waals surface area contributed by atoms with E-state index in [0.717, 1.165) is 28.2 Å². The minimum absolute atomic E-state index is 0.318. The third-order valence-electron chi connectivity index (χ3n) is 5.02. The van der Waals surface area contributed by atoms with Gasteiger partial charge in [-0.15, -0.1) is 0 Å². The molecule has 0 saturated carbocycles. The zero-order valence-corrected chi connectivity index (χ0v) is 20.6. The molecule has 3 rings (SSSR count). The number of methoxy groups -OCH3 is 2. The Kier molecular flexibility index (Phi) is 10.2. The Morgan fingerprint density at radius 3 is 1.57 bits per heavy atom. The molecule has 3 aromatic rings. The maximum absolute atomic E-state index is 7.01. The second-order valence-electron chi connectivity index (χ2n) is 6.67. The van der Waals surface area contributed by atoms with Crippen molar-refractivity contribution in [2.24, 2.45) is 11.5 Å². The number of halogens is 2. The van der Waals surface area contributed by atoms with E-state index >= 15 is 0 Å². The van der Waals surface area contributed by atoms with Gasteiger partial charge in [-0.1, -0.05) is 54.6 Å². The van der Waals surface area contributed by atoms with Crippen LogP contribution in [0.2, 0.25) is 0 Å². The first-order valence-electron chi connectivity index (χ1n) is 9.19. The van der Waals surface area contributed by atoms with Gasteiger partial charge >= 0.3 is 35.3 Å². The standard InChI is InChI=1S/C23H26N2O2.2ClH.Pt/c1-26-20-12-8-18(9-13-20)23(25,19-10-14-21(27-2)15-11-19)22(24)16-17-6-4-3-5-7-17;;;/h3-15,22H,16,24-25H2,1-2H3;2*1H;/q;;;+2/p-2. The number of nitrogens with two attached hydrogens (primary N) is 2. The molecule has 0 aliphatic heterocycles. The molecule has 0 radical (unpaired) electrons. The summed E-state index contributed by atoms with van der Waals surface area (Å²) in [7, 11) is 13.0. The Morgan fingerprint density at radius 1 is 0.800 bits per heavy atom. The van der Waals surface area contributed by atoms with E-state index in [4.69, 9.17) is 39.8 Å². The second kappa shape index (κ2) is 12.3. The van der Waals surface area contributed by atoms with E-state index in [2.05, 4.69) is 12.1 Å². The summed E-state index contributed by atoms with van der Waals surface area (Å²) in [6.45, 7) is 0. The van der Waals surface area contributed by atoms with Crippen LogP contribution in [0.1, 0.15) is 16.7 Å². The van der Waals surface area contributed by atoms with Gasteiger partial charge in [-0.2, -0.15) is 0 Å². The summed E-state index contributed by atoms with van der Waals surface area (Å²) in [5.41, 5.74) is 15.9. The van der Waals surface area contributed by atoms with Crippen LogP contribution in [0, 0.1) is 0 Å². The third-order valence-corrected chi connectivity index (χ3v) is 5.02. The molecular weight excluding hydrogens is 602 g/mol. The van der Waals surface area contributed by atoms with Crippen molar-refractivity contribution in [3.63, 3.8) is 0 Å². The first-order valence-corrected chi connectivity index (χ1v) is 14.8. The Bertz CT molecular complexity index is 830. The van der Waals surface area contributed by atoms with Gasteiger partial charge in [0.2, 0.25) is 0 Å². The van der Waals surface area contributed by atoms with Gasteiger partial charge in [0.25, 0.3) is 0 Å². The molecule has 0 fully saturated rings. The van der Waals surface area contributed by atoms with Crippen LogP contribution in [-0.4, -0.2) is 20.3 Å². The molecule has 0 aromatic heterocycles. The first kappa shape index (κ1) is 24.7. The zero-order valence-electron chi connectivity index (χ0n) is 16.8. The Morgan fingerprint density at radius 2 is 1.20 bits per heavy atom.